The third kappa shape index (κ3) is 4.90. The smallest absolute Gasteiger partial charge is 0.250 e. The number of hydrogen-bond donors (Lipinski definition) is 2. The van der Waals surface area contributed by atoms with E-state index in [4.69, 9.17) is 27.3 Å². The van der Waals surface area contributed by atoms with E-state index in [0.717, 1.165) is 6.42 Å². The first-order chi connectivity index (χ1) is 11.1. The minimum atomic E-state index is -0.502. The Morgan fingerprint density at radius 1 is 1.26 bits per heavy atom. The highest BCUT2D eigenvalue weighted by molar-refractivity contribution is 6.31. The molecule has 0 fully saturated rings. The number of primary amides is 1. The number of rotatable bonds is 7. The average molecular weight is 330 g/mol. The van der Waals surface area contributed by atoms with Crippen LogP contribution < -0.4 is 15.8 Å². The quantitative estimate of drug-likeness (QED) is 0.763. The molecule has 0 atom stereocenters. The number of ether oxygens (including phenoxy) is 1. The highest BCUT2D eigenvalue weighted by atomic mass is 35.5. The zero-order chi connectivity index (χ0) is 16.7. The van der Waals surface area contributed by atoms with Gasteiger partial charge in [-0.2, -0.15) is 5.26 Å². The molecule has 2 aromatic carbocycles. The van der Waals surface area contributed by atoms with Crippen molar-refractivity contribution in [3.05, 3.63) is 58.6 Å². The Balaban J connectivity index is 1.80. The highest BCUT2D eigenvalue weighted by Crippen LogP contribution is 2.20. The molecule has 0 saturated carbocycles. The van der Waals surface area contributed by atoms with Gasteiger partial charge in [0.15, 0.2) is 0 Å². The third-order valence-corrected chi connectivity index (χ3v) is 3.37. The van der Waals surface area contributed by atoms with E-state index in [9.17, 15) is 4.79 Å². The first-order valence-corrected chi connectivity index (χ1v) is 7.44. The molecule has 3 N–H and O–H groups in total. The fraction of sp³-hybridized carbons (Fsp3) is 0.176. The van der Waals surface area contributed by atoms with Crippen LogP contribution in [0.15, 0.2) is 42.5 Å². The molecule has 0 unspecified atom stereocenters. The van der Waals surface area contributed by atoms with Crippen LogP contribution in [0.1, 0.15) is 22.3 Å². The van der Waals surface area contributed by atoms with Crippen LogP contribution in [0.5, 0.6) is 5.75 Å². The zero-order valence-electron chi connectivity index (χ0n) is 12.4. The lowest BCUT2D eigenvalue weighted by molar-refractivity contribution is 0.100. The molecule has 0 aliphatic rings. The lowest BCUT2D eigenvalue weighted by Crippen LogP contribution is -2.15. The Morgan fingerprint density at radius 3 is 2.65 bits per heavy atom. The molecule has 1 amide bonds. The molecule has 0 heterocycles. The van der Waals surface area contributed by atoms with Crippen molar-refractivity contribution in [3.8, 4) is 11.8 Å². The van der Waals surface area contributed by atoms with Gasteiger partial charge in [0, 0.05) is 17.3 Å². The predicted molar refractivity (Wildman–Crippen MR) is 89.7 cm³/mol. The first-order valence-electron chi connectivity index (χ1n) is 7.06. The molecule has 0 aliphatic heterocycles. The Kier molecular flexibility index (Phi) is 5.84. The molecule has 0 radical (unpaired) electrons. The van der Waals surface area contributed by atoms with Gasteiger partial charge in [0.1, 0.15) is 5.75 Å². The van der Waals surface area contributed by atoms with E-state index in [2.05, 4.69) is 11.4 Å². The Morgan fingerprint density at radius 2 is 2.00 bits per heavy atom. The van der Waals surface area contributed by atoms with Gasteiger partial charge in [-0.25, -0.2) is 0 Å². The van der Waals surface area contributed by atoms with Gasteiger partial charge in [-0.3, -0.25) is 4.79 Å². The second-order valence-corrected chi connectivity index (χ2v) is 5.26. The van der Waals surface area contributed by atoms with Crippen molar-refractivity contribution in [1.29, 1.82) is 5.26 Å². The van der Waals surface area contributed by atoms with Crippen molar-refractivity contribution in [2.24, 2.45) is 5.73 Å². The molecule has 0 aromatic heterocycles. The molecule has 0 aliphatic carbocycles. The van der Waals surface area contributed by atoms with Crippen molar-refractivity contribution >= 4 is 23.2 Å². The van der Waals surface area contributed by atoms with Gasteiger partial charge < -0.3 is 15.8 Å². The number of benzene rings is 2. The predicted octanol–water partition coefficient (Wildman–Crippen LogP) is 3.19. The van der Waals surface area contributed by atoms with Crippen LogP contribution in [0.4, 0.5) is 5.69 Å². The number of nitrogens with zero attached hydrogens (tertiary/aromatic N) is 1. The third-order valence-electron chi connectivity index (χ3n) is 3.14. The van der Waals surface area contributed by atoms with Crippen LogP contribution in [-0.2, 0) is 0 Å². The normalized spacial score (nSPS) is 9.91. The molecular formula is C17H16ClN3O2. The molecule has 0 bridgehead atoms. The molecule has 0 saturated heterocycles. The number of halogens is 1. The summed E-state index contributed by atoms with van der Waals surface area (Å²) in [5.41, 5.74) is 6.94. The van der Waals surface area contributed by atoms with Crippen LogP contribution in [0, 0.1) is 11.3 Å². The second-order valence-electron chi connectivity index (χ2n) is 4.82. The van der Waals surface area contributed by atoms with E-state index in [0.29, 0.717) is 40.7 Å². The van der Waals surface area contributed by atoms with Crippen molar-refractivity contribution in [2.75, 3.05) is 18.5 Å². The van der Waals surface area contributed by atoms with Gasteiger partial charge in [0.2, 0.25) is 0 Å². The van der Waals surface area contributed by atoms with Crippen LogP contribution in [0.2, 0.25) is 5.02 Å². The number of carbonyl (C=O) groups excluding carboxylic acids is 1. The molecule has 118 valence electrons. The van der Waals surface area contributed by atoms with E-state index < -0.39 is 5.91 Å². The monoisotopic (exact) mass is 329 g/mol. The van der Waals surface area contributed by atoms with Crippen LogP contribution >= 0.6 is 11.6 Å². The molecule has 23 heavy (non-hydrogen) atoms. The number of nitriles is 1. The molecule has 2 aromatic rings. The SMILES string of the molecule is N#Cc1ccc(OCCCNc2cc(Cl)ccc2C(N)=O)cc1. The average Bonchev–Trinajstić information content (AvgIpc) is 2.55. The van der Waals surface area contributed by atoms with E-state index in [1.807, 2.05) is 0 Å². The number of hydrogen-bond acceptors (Lipinski definition) is 4. The summed E-state index contributed by atoms with van der Waals surface area (Å²) in [6.07, 6.45) is 0.727. The summed E-state index contributed by atoms with van der Waals surface area (Å²) in [7, 11) is 0. The summed E-state index contributed by atoms with van der Waals surface area (Å²) in [5, 5.41) is 12.4. The number of nitrogens with one attached hydrogen (secondary N) is 1. The van der Waals surface area contributed by atoms with Gasteiger partial charge in [-0.1, -0.05) is 11.6 Å². The summed E-state index contributed by atoms with van der Waals surface area (Å²) in [4.78, 5) is 11.4. The standard InChI is InChI=1S/C17H16ClN3O2/c18-13-4-7-15(17(20)22)16(10-13)21-8-1-9-23-14-5-2-12(11-19)3-6-14/h2-7,10,21H,1,8-9H2,(H2,20,22). The maximum absolute atomic E-state index is 11.4. The van der Waals surface area contributed by atoms with Gasteiger partial charge in [-0.15, -0.1) is 0 Å². The van der Waals surface area contributed by atoms with Crippen molar-refractivity contribution < 1.29 is 9.53 Å². The van der Waals surface area contributed by atoms with Gasteiger partial charge in [0.25, 0.3) is 5.91 Å². The molecule has 2 rings (SSSR count). The maximum Gasteiger partial charge on any atom is 0.250 e. The van der Waals surface area contributed by atoms with E-state index in [-0.39, 0.29) is 0 Å². The molecule has 6 heteroatoms. The van der Waals surface area contributed by atoms with Gasteiger partial charge >= 0.3 is 0 Å². The lowest BCUT2D eigenvalue weighted by atomic mass is 10.1. The van der Waals surface area contributed by atoms with Gasteiger partial charge in [0.05, 0.1) is 23.8 Å². The fourth-order valence-electron chi connectivity index (χ4n) is 1.99. The van der Waals surface area contributed by atoms with Gasteiger partial charge in [-0.05, 0) is 48.9 Å². The van der Waals surface area contributed by atoms with Crippen molar-refractivity contribution in [2.45, 2.75) is 6.42 Å². The summed E-state index contributed by atoms with van der Waals surface area (Å²) in [6.45, 7) is 1.11. The van der Waals surface area contributed by atoms with Crippen molar-refractivity contribution in [3.63, 3.8) is 0 Å². The first kappa shape index (κ1) is 16.7. The van der Waals surface area contributed by atoms with Crippen molar-refractivity contribution in [1.82, 2.24) is 0 Å². The maximum atomic E-state index is 11.4. The Labute approximate surface area is 139 Å². The molecule has 5 nitrogen and oxygen atoms in total. The summed E-state index contributed by atoms with van der Waals surface area (Å²) < 4.78 is 5.58. The van der Waals surface area contributed by atoms with E-state index in [1.54, 1.807) is 42.5 Å². The molecule has 0 spiro atoms. The number of anilines is 1. The van der Waals surface area contributed by atoms with E-state index >= 15 is 0 Å². The minimum absolute atomic E-state index is 0.405. The summed E-state index contributed by atoms with van der Waals surface area (Å²) in [6, 6.07) is 13.9. The molecular weight excluding hydrogens is 314 g/mol. The number of amides is 1. The number of nitrogens with two attached hydrogens (primary N) is 1. The van der Waals surface area contributed by atoms with E-state index in [1.165, 1.54) is 0 Å². The highest BCUT2D eigenvalue weighted by Gasteiger charge is 2.08. The second kappa shape index (κ2) is 8.06. The van der Waals surface area contributed by atoms with Crippen LogP contribution in [-0.4, -0.2) is 19.1 Å². The number of carbonyl (C=O) groups is 1. The summed E-state index contributed by atoms with van der Waals surface area (Å²) in [5.74, 6) is 0.211. The van der Waals surface area contributed by atoms with Crippen LogP contribution in [0.25, 0.3) is 0 Å². The summed E-state index contributed by atoms with van der Waals surface area (Å²) >= 11 is 5.93. The Hall–Kier alpha value is -2.71. The Bertz CT molecular complexity index is 724. The fourth-order valence-corrected chi connectivity index (χ4v) is 2.16. The largest absolute Gasteiger partial charge is 0.494 e. The zero-order valence-corrected chi connectivity index (χ0v) is 13.1. The lowest BCUT2D eigenvalue weighted by Gasteiger charge is -2.11. The van der Waals surface area contributed by atoms with Crippen LogP contribution in [0.3, 0.4) is 0 Å². The topological polar surface area (TPSA) is 88.1 Å². The minimum Gasteiger partial charge on any atom is -0.494 e.